The molecule has 0 aromatic heterocycles. The summed E-state index contributed by atoms with van der Waals surface area (Å²) in [6, 6.07) is 2.13. The Bertz CT molecular complexity index is 365. The number of nitriles is 1. The maximum absolute atomic E-state index is 11.7. The number of nitrogens with zero attached hydrogens (tertiary/aromatic N) is 3. The van der Waals surface area contributed by atoms with Gasteiger partial charge < -0.3 is 0 Å². The summed E-state index contributed by atoms with van der Waals surface area (Å²) in [5.74, 6) is 0.239. The molecule has 17 heavy (non-hydrogen) atoms. The van der Waals surface area contributed by atoms with Crippen LogP contribution >= 0.6 is 0 Å². The molecule has 0 spiro atoms. The third kappa shape index (κ3) is 4.62. The van der Waals surface area contributed by atoms with E-state index in [9.17, 15) is 8.42 Å². The highest BCUT2D eigenvalue weighted by Gasteiger charge is 2.20. The Hall–Kier alpha value is -0.640. The molecule has 0 unspecified atom stereocenters. The standard InChI is InChI=1S/C11H21N3O2S/c1-11(2)17(15,16)10-9-14-7-5-13(4-3-12)6-8-14/h11H,4-10H2,1-2H3. The average molecular weight is 259 g/mol. The zero-order chi connectivity index (χ0) is 12.9. The molecule has 0 aliphatic carbocycles. The Morgan fingerprint density at radius 3 is 2.18 bits per heavy atom. The van der Waals surface area contributed by atoms with E-state index in [0.29, 0.717) is 13.1 Å². The SMILES string of the molecule is CC(C)S(=O)(=O)CCN1CCN(CC#N)CC1. The zero-order valence-electron chi connectivity index (χ0n) is 10.6. The van der Waals surface area contributed by atoms with Gasteiger partial charge in [-0.3, -0.25) is 9.80 Å². The lowest BCUT2D eigenvalue weighted by atomic mass is 10.3. The van der Waals surface area contributed by atoms with E-state index in [0.717, 1.165) is 26.2 Å². The van der Waals surface area contributed by atoms with Crippen LogP contribution in [0, 0.1) is 11.3 Å². The van der Waals surface area contributed by atoms with Crippen molar-refractivity contribution in [3.05, 3.63) is 0 Å². The van der Waals surface area contributed by atoms with E-state index in [1.54, 1.807) is 13.8 Å². The second kappa shape index (κ2) is 6.34. The lowest BCUT2D eigenvalue weighted by molar-refractivity contribution is 0.150. The van der Waals surface area contributed by atoms with Crippen molar-refractivity contribution in [2.45, 2.75) is 19.1 Å². The molecule has 0 atom stereocenters. The smallest absolute Gasteiger partial charge is 0.153 e. The van der Waals surface area contributed by atoms with Gasteiger partial charge in [0.05, 0.1) is 23.6 Å². The number of piperazine rings is 1. The van der Waals surface area contributed by atoms with Gasteiger partial charge in [-0.15, -0.1) is 0 Å². The molecule has 98 valence electrons. The lowest BCUT2D eigenvalue weighted by Crippen LogP contribution is -2.47. The summed E-state index contributed by atoms with van der Waals surface area (Å²) in [5, 5.41) is 8.28. The van der Waals surface area contributed by atoms with Crippen molar-refractivity contribution in [2.24, 2.45) is 0 Å². The van der Waals surface area contributed by atoms with Crippen molar-refractivity contribution in [3.8, 4) is 6.07 Å². The Labute approximate surface area is 104 Å². The van der Waals surface area contributed by atoms with E-state index in [1.165, 1.54) is 0 Å². The van der Waals surface area contributed by atoms with Crippen molar-refractivity contribution in [3.63, 3.8) is 0 Å². The highest BCUT2D eigenvalue weighted by atomic mass is 32.2. The minimum atomic E-state index is -2.93. The highest BCUT2D eigenvalue weighted by Crippen LogP contribution is 2.05. The van der Waals surface area contributed by atoms with E-state index >= 15 is 0 Å². The molecule has 0 amide bonds. The Morgan fingerprint density at radius 1 is 1.18 bits per heavy atom. The topological polar surface area (TPSA) is 64.4 Å². The molecule has 0 N–H and O–H groups in total. The van der Waals surface area contributed by atoms with E-state index in [1.807, 2.05) is 0 Å². The first kappa shape index (κ1) is 14.4. The second-order valence-corrected chi connectivity index (χ2v) is 7.37. The van der Waals surface area contributed by atoms with E-state index in [2.05, 4.69) is 15.9 Å². The van der Waals surface area contributed by atoms with Crippen LogP contribution in [0.5, 0.6) is 0 Å². The number of rotatable bonds is 5. The molecule has 1 fully saturated rings. The molecule has 0 aromatic rings. The molecule has 1 saturated heterocycles. The minimum absolute atomic E-state index is 0.239. The quantitative estimate of drug-likeness (QED) is 0.648. The Balaban J connectivity index is 2.30. The fourth-order valence-corrected chi connectivity index (χ4v) is 2.75. The summed E-state index contributed by atoms with van der Waals surface area (Å²) in [5.41, 5.74) is 0. The molecule has 5 nitrogen and oxygen atoms in total. The molecule has 1 aliphatic rings. The molecular formula is C11H21N3O2S. The Kier molecular flexibility index (Phi) is 5.37. The van der Waals surface area contributed by atoms with Gasteiger partial charge >= 0.3 is 0 Å². The third-order valence-electron chi connectivity index (χ3n) is 3.17. The van der Waals surface area contributed by atoms with E-state index in [-0.39, 0.29) is 11.0 Å². The number of sulfone groups is 1. The van der Waals surface area contributed by atoms with Crippen LogP contribution in [0.25, 0.3) is 0 Å². The molecule has 1 heterocycles. The maximum atomic E-state index is 11.7. The first-order chi connectivity index (χ1) is 7.95. The van der Waals surface area contributed by atoms with Crippen molar-refractivity contribution < 1.29 is 8.42 Å². The summed E-state index contributed by atoms with van der Waals surface area (Å²) in [6.45, 7) is 7.95. The van der Waals surface area contributed by atoms with E-state index < -0.39 is 9.84 Å². The van der Waals surface area contributed by atoms with Crippen molar-refractivity contribution in [2.75, 3.05) is 45.0 Å². The molecular weight excluding hydrogens is 238 g/mol. The Morgan fingerprint density at radius 2 is 1.71 bits per heavy atom. The van der Waals surface area contributed by atoms with Gasteiger partial charge in [0.15, 0.2) is 9.84 Å². The predicted octanol–water partition coefficient (Wildman–Crippen LogP) is -0.0492. The van der Waals surface area contributed by atoms with Gasteiger partial charge in [-0.25, -0.2) is 8.42 Å². The average Bonchev–Trinajstić information content (AvgIpc) is 2.28. The van der Waals surface area contributed by atoms with Crippen LogP contribution in [0.1, 0.15) is 13.8 Å². The lowest BCUT2D eigenvalue weighted by Gasteiger charge is -2.33. The molecule has 0 aromatic carbocycles. The summed E-state index contributed by atoms with van der Waals surface area (Å²) in [6.07, 6.45) is 0. The minimum Gasteiger partial charge on any atom is -0.300 e. The molecule has 0 bridgehead atoms. The molecule has 1 rings (SSSR count). The van der Waals surface area contributed by atoms with Gasteiger partial charge in [0.25, 0.3) is 0 Å². The zero-order valence-corrected chi connectivity index (χ0v) is 11.4. The first-order valence-electron chi connectivity index (χ1n) is 5.99. The highest BCUT2D eigenvalue weighted by molar-refractivity contribution is 7.92. The summed E-state index contributed by atoms with van der Waals surface area (Å²) >= 11 is 0. The molecule has 0 radical (unpaired) electrons. The van der Waals surface area contributed by atoms with Crippen LogP contribution in [0.3, 0.4) is 0 Å². The van der Waals surface area contributed by atoms with Gasteiger partial charge in [0.1, 0.15) is 0 Å². The van der Waals surface area contributed by atoms with Gasteiger partial charge in [-0.1, -0.05) is 0 Å². The largest absolute Gasteiger partial charge is 0.300 e. The maximum Gasteiger partial charge on any atom is 0.153 e. The number of hydrogen-bond donors (Lipinski definition) is 0. The van der Waals surface area contributed by atoms with Crippen molar-refractivity contribution in [1.82, 2.24) is 9.80 Å². The van der Waals surface area contributed by atoms with Crippen LogP contribution in [0.2, 0.25) is 0 Å². The summed E-state index contributed by atoms with van der Waals surface area (Å²) < 4.78 is 23.3. The first-order valence-corrected chi connectivity index (χ1v) is 7.70. The van der Waals surface area contributed by atoms with E-state index in [4.69, 9.17) is 5.26 Å². The monoisotopic (exact) mass is 259 g/mol. The molecule has 1 aliphatic heterocycles. The van der Waals surface area contributed by atoms with Crippen LogP contribution in [0.15, 0.2) is 0 Å². The van der Waals surface area contributed by atoms with Crippen LogP contribution in [-0.4, -0.2) is 68.5 Å². The van der Waals surface area contributed by atoms with Gasteiger partial charge in [0, 0.05) is 32.7 Å². The van der Waals surface area contributed by atoms with Crippen molar-refractivity contribution >= 4 is 9.84 Å². The summed E-state index contributed by atoms with van der Waals surface area (Å²) in [7, 11) is -2.93. The van der Waals surface area contributed by atoms with Gasteiger partial charge in [-0.05, 0) is 13.8 Å². The molecule has 0 saturated carbocycles. The van der Waals surface area contributed by atoms with Gasteiger partial charge in [0.2, 0.25) is 0 Å². The van der Waals surface area contributed by atoms with Crippen LogP contribution in [0.4, 0.5) is 0 Å². The van der Waals surface area contributed by atoms with Crippen LogP contribution in [-0.2, 0) is 9.84 Å². The molecule has 6 heteroatoms. The predicted molar refractivity (Wildman–Crippen MR) is 67.4 cm³/mol. The fourth-order valence-electron chi connectivity index (χ4n) is 1.76. The van der Waals surface area contributed by atoms with Crippen LogP contribution < -0.4 is 0 Å². The summed E-state index contributed by atoms with van der Waals surface area (Å²) in [4.78, 5) is 4.25. The normalized spacial score (nSPS) is 19.4. The third-order valence-corrected chi connectivity index (χ3v) is 5.36. The van der Waals surface area contributed by atoms with Crippen molar-refractivity contribution in [1.29, 1.82) is 5.26 Å². The fraction of sp³-hybridized carbons (Fsp3) is 0.909. The van der Waals surface area contributed by atoms with Gasteiger partial charge in [-0.2, -0.15) is 5.26 Å². The second-order valence-electron chi connectivity index (χ2n) is 4.69. The number of hydrogen-bond acceptors (Lipinski definition) is 5.